The Bertz CT molecular complexity index is 18.0. The van der Waals surface area contributed by atoms with Gasteiger partial charge in [0.1, 0.15) is 0 Å². The van der Waals surface area contributed by atoms with Gasteiger partial charge in [0.05, 0.1) is 0 Å². The van der Waals surface area contributed by atoms with E-state index in [1.54, 1.807) is 0 Å². The van der Waals surface area contributed by atoms with E-state index in [1.165, 1.54) is 23.7 Å². The summed E-state index contributed by atoms with van der Waals surface area (Å²) >= 11 is 2.41. The quantitative estimate of drug-likeness (QED) is 0.424. The van der Waals surface area contributed by atoms with E-state index in [0.717, 1.165) is 0 Å². The summed E-state index contributed by atoms with van der Waals surface area (Å²) < 4.78 is 1.32. The standard InChI is InChI=1S/C5H11I.HI/c1-2-3-4-5-6;/h2-5H2,1H3;1H. The Kier molecular flexibility index (Phi) is 16.8. The van der Waals surface area contributed by atoms with Crippen molar-refractivity contribution in [3.63, 3.8) is 0 Å². The third kappa shape index (κ3) is 11.2. The van der Waals surface area contributed by atoms with Crippen molar-refractivity contribution in [3.05, 3.63) is 0 Å². The first-order valence-corrected chi connectivity index (χ1v) is 4.00. The topological polar surface area (TPSA) is 0 Å². The molecule has 7 heavy (non-hydrogen) atoms. The molecule has 0 aliphatic carbocycles. The van der Waals surface area contributed by atoms with Gasteiger partial charge in [0, 0.05) is 0 Å². The second kappa shape index (κ2) is 10.4. The van der Waals surface area contributed by atoms with Crippen molar-refractivity contribution in [2.45, 2.75) is 26.2 Å². The van der Waals surface area contributed by atoms with Crippen LogP contribution in [0.4, 0.5) is 0 Å². The molecule has 0 fully saturated rings. The molecule has 0 spiro atoms. The molecule has 0 aliphatic rings. The summed E-state index contributed by atoms with van der Waals surface area (Å²) in [6.07, 6.45) is 4.16. The molecule has 0 aliphatic heterocycles. The van der Waals surface area contributed by atoms with Gasteiger partial charge in [0.25, 0.3) is 0 Å². The molecule has 0 heterocycles. The van der Waals surface area contributed by atoms with Crippen molar-refractivity contribution in [1.29, 1.82) is 0 Å². The first-order valence-electron chi connectivity index (χ1n) is 2.47. The Balaban J connectivity index is 0. The van der Waals surface area contributed by atoms with E-state index in [0.29, 0.717) is 0 Å². The van der Waals surface area contributed by atoms with Gasteiger partial charge in [0.15, 0.2) is 0 Å². The van der Waals surface area contributed by atoms with Gasteiger partial charge < -0.3 is 0 Å². The van der Waals surface area contributed by atoms with Crippen molar-refractivity contribution in [3.8, 4) is 0 Å². The lowest BCUT2D eigenvalue weighted by atomic mass is 10.3. The normalized spacial score (nSPS) is 7.71. The second-order valence-electron chi connectivity index (χ2n) is 1.40. The molecule has 0 nitrogen and oxygen atoms in total. The van der Waals surface area contributed by atoms with E-state index < -0.39 is 0 Å². The minimum atomic E-state index is 0. The molecule has 0 unspecified atom stereocenters. The fraction of sp³-hybridized carbons (Fsp3) is 1.00. The van der Waals surface area contributed by atoms with Gasteiger partial charge in [0.2, 0.25) is 0 Å². The summed E-state index contributed by atoms with van der Waals surface area (Å²) in [6, 6.07) is 0. The van der Waals surface area contributed by atoms with Crippen molar-refractivity contribution in [2.24, 2.45) is 0 Å². The summed E-state index contributed by atoms with van der Waals surface area (Å²) in [4.78, 5) is 0. The van der Waals surface area contributed by atoms with Gasteiger partial charge in [-0.2, -0.15) is 0 Å². The Morgan fingerprint density at radius 3 is 2.00 bits per heavy atom. The molecule has 2 heteroatoms. The number of unbranched alkanes of at least 4 members (excludes halogenated alkanes) is 2. The average molecular weight is 326 g/mol. The highest BCUT2D eigenvalue weighted by atomic mass is 127. The highest BCUT2D eigenvalue weighted by Crippen LogP contribution is 1.96. The Morgan fingerprint density at radius 2 is 1.86 bits per heavy atom. The van der Waals surface area contributed by atoms with E-state index in [2.05, 4.69) is 29.5 Å². The summed E-state index contributed by atoms with van der Waals surface area (Å²) in [6.45, 7) is 2.23. The van der Waals surface area contributed by atoms with Crippen molar-refractivity contribution < 1.29 is 0 Å². The third-order valence-electron chi connectivity index (χ3n) is 0.737. The molecular formula is C5H12I2. The molecule has 0 amide bonds. The van der Waals surface area contributed by atoms with Crippen LogP contribution in [0.5, 0.6) is 0 Å². The predicted octanol–water partition coefficient (Wildman–Crippen LogP) is 3.23. The molecule has 46 valence electrons. The lowest BCUT2D eigenvalue weighted by Crippen LogP contribution is -1.70. The lowest BCUT2D eigenvalue weighted by Gasteiger charge is -1.85. The maximum atomic E-state index is 2.41. The highest BCUT2D eigenvalue weighted by Gasteiger charge is 1.76. The van der Waals surface area contributed by atoms with Gasteiger partial charge in [-0.05, 0) is 10.8 Å². The van der Waals surface area contributed by atoms with Crippen molar-refractivity contribution in [1.82, 2.24) is 0 Å². The largest absolute Gasteiger partial charge is 0.107 e. The monoisotopic (exact) mass is 326 g/mol. The smallest absolute Gasteiger partial charge is 0.000473 e. The van der Waals surface area contributed by atoms with Crippen LogP contribution in [-0.4, -0.2) is 4.43 Å². The molecule has 0 saturated carbocycles. The summed E-state index contributed by atoms with van der Waals surface area (Å²) in [7, 11) is 0. The van der Waals surface area contributed by atoms with Crippen molar-refractivity contribution >= 4 is 46.6 Å². The van der Waals surface area contributed by atoms with Crippen LogP contribution >= 0.6 is 46.6 Å². The third-order valence-corrected chi connectivity index (χ3v) is 1.50. The zero-order valence-electron chi connectivity index (χ0n) is 4.61. The number of halogens is 2. The van der Waals surface area contributed by atoms with Gasteiger partial charge in [-0.3, -0.25) is 0 Å². The maximum absolute atomic E-state index is 2.41. The van der Waals surface area contributed by atoms with Crippen LogP contribution in [0.25, 0.3) is 0 Å². The number of rotatable bonds is 3. The van der Waals surface area contributed by atoms with E-state index in [4.69, 9.17) is 0 Å². The van der Waals surface area contributed by atoms with Crippen LogP contribution in [0.2, 0.25) is 0 Å². The van der Waals surface area contributed by atoms with Crippen LogP contribution < -0.4 is 0 Å². The van der Waals surface area contributed by atoms with Crippen LogP contribution in [0.3, 0.4) is 0 Å². The van der Waals surface area contributed by atoms with E-state index in [1.807, 2.05) is 0 Å². The average Bonchev–Trinajstić information content (AvgIpc) is 1.61. The molecule has 0 aromatic rings. The molecule has 0 saturated heterocycles. The van der Waals surface area contributed by atoms with Crippen LogP contribution in [0.15, 0.2) is 0 Å². The Morgan fingerprint density at radius 1 is 1.29 bits per heavy atom. The summed E-state index contributed by atoms with van der Waals surface area (Å²) in [5.74, 6) is 0. The molecule has 0 aromatic carbocycles. The van der Waals surface area contributed by atoms with Crippen LogP contribution in [0, 0.1) is 0 Å². The van der Waals surface area contributed by atoms with Gasteiger partial charge in [-0.25, -0.2) is 0 Å². The number of hydrogen-bond acceptors (Lipinski definition) is 0. The van der Waals surface area contributed by atoms with Crippen molar-refractivity contribution in [2.75, 3.05) is 4.43 Å². The molecular weight excluding hydrogens is 314 g/mol. The van der Waals surface area contributed by atoms with Crippen LogP contribution in [-0.2, 0) is 0 Å². The first-order chi connectivity index (χ1) is 2.91. The van der Waals surface area contributed by atoms with E-state index in [-0.39, 0.29) is 24.0 Å². The molecule has 0 atom stereocenters. The zero-order chi connectivity index (χ0) is 4.83. The molecule has 0 N–H and O–H groups in total. The summed E-state index contributed by atoms with van der Waals surface area (Å²) in [5, 5.41) is 0. The molecule has 0 bridgehead atoms. The predicted molar refractivity (Wildman–Crippen MR) is 53.8 cm³/mol. The SMILES string of the molecule is CCCCCI.I. The van der Waals surface area contributed by atoms with Gasteiger partial charge in [-0.1, -0.05) is 42.4 Å². The van der Waals surface area contributed by atoms with Crippen LogP contribution in [0.1, 0.15) is 26.2 Å². The Hall–Kier alpha value is 1.46. The van der Waals surface area contributed by atoms with Gasteiger partial charge >= 0.3 is 0 Å². The van der Waals surface area contributed by atoms with E-state index in [9.17, 15) is 0 Å². The molecule has 0 aromatic heterocycles. The molecule has 0 radical (unpaired) electrons. The van der Waals surface area contributed by atoms with E-state index >= 15 is 0 Å². The first kappa shape index (κ1) is 11.3. The summed E-state index contributed by atoms with van der Waals surface area (Å²) in [5.41, 5.74) is 0. The maximum Gasteiger partial charge on any atom is -0.000473 e. The highest BCUT2D eigenvalue weighted by molar-refractivity contribution is 14.1. The number of hydrogen-bond donors (Lipinski definition) is 0. The van der Waals surface area contributed by atoms with Gasteiger partial charge in [-0.15, -0.1) is 24.0 Å². The zero-order valence-corrected chi connectivity index (χ0v) is 9.10. The second-order valence-corrected chi connectivity index (χ2v) is 2.47. The minimum absolute atomic E-state index is 0. The number of alkyl halides is 1. The molecule has 0 rings (SSSR count). The Labute approximate surface area is 76.6 Å². The fourth-order valence-electron chi connectivity index (χ4n) is 0.344. The minimum Gasteiger partial charge on any atom is -0.107 e. The lowest BCUT2D eigenvalue weighted by molar-refractivity contribution is 0.785. The fourth-order valence-corrected chi connectivity index (χ4v) is 0.884.